The molecule has 3 nitrogen and oxygen atoms in total. The van der Waals surface area contributed by atoms with Gasteiger partial charge in [-0.15, -0.1) is 5.10 Å². The Morgan fingerprint density at radius 1 is 1.50 bits per heavy atom. The van der Waals surface area contributed by atoms with E-state index in [1.807, 2.05) is 11.8 Å². The molecule has 0 saturated carbocycles. The second kappa shape index (κ2) is 7.25. The monoisotopic (exact) mass is 249 g/mol. The number of rotatable bonds is 7. The maximum absolute atomic E-state index is 4.93. The molecule has 0 aliphatic rings. The minimum Gasteiger partial charge on any atom is -0.360 e. The van der Waals surface area contributed by atoms with E-state index in [-0.39, 0.29) is 0 Å². The molecule has 0 bridgehead atoms. The van der Waals surface area contributed by atoms with Gasteiger partial charge in [0.05, 0.1) is 0 Å². The van der Waals surface area contributed by atoms with E-state index in [1.165, 1.54) is 36.4 Å². The zero-order valence-electron chi connectivity index (χ0n) is 8.21. The lowest BCUT2D eigenvalue weighted by atomic mass is 10.2. The largest absolute Gasteiger partial charge is 0.360 e. The Morgan fingerprint density at radius 3 is 3.00 bits per heavy atom. The second-order valence-electron chi connectivity index (χ2n) is 2.90. The molecule has 0 spiro atoms. The van der Waals surface area contributed by atoms with Crippen molar-refractivity contribution in [1.82, 2.24) is 10.2 Å². The predicted molar refractivity (Wildman–Crippen MR) is 68.0 cm³/mol. The highest BCUT2D eigenvalue weighted by Gasteiger charge is 1.95. The summed E-state index contributed by atoms with van der Waals surface area (Å²) in [6.07, 6.45) is 5.93. The summed E-state index contributed by atoms with van der Waals surface area (Å²) in [6, 6.07) is 0. The number of aromatic nitrogens is 2. The first-order valence-electron chi connectivity index (χ1n) is 4.61. The van der Waals surface area contributed by atoms with Gasteiger partial charge in [0.25, 0.3) is 0 Å². The van der Waals surface area contributed by atoms with E-state index in [2.05, 4.69) is 21.8 Å². The van der Waals surface area contributed by atoms with Crippen molar-refractivity contribution in [3.05, 3.63) is 3.95 Å². The van der Waals surface area contributed by atoms with Gasteiger partial charge in [-0.2, -0.15) is 11.8 Å². The van der Waals surface area contributed by atoms with E-state index >= 15 is 0 Å². The molecule has 6 heteroatoms. The number of anilines is 1. The average Bonchev–Trinajstić information content (AvgIpc) is 2.58. The van der Waals surface area contributed by atoms with E-state index < -0.39 is 0 Å². The van der Waals surface area contributed by atoms with Gasteiger partial charge < -0.3 is 5.32 Å². The second-order valence-corrected chi connectivity index (χ2v) is 5.55. The van der Waals surface area contributed by atoms with Crippen LogP contribution in [-0.4, -0.2) is 28.8 Å². The van der Waals surface area contributed by atoms with Crippen LogP contribution in [0.3, 0.4) is 0 Å². The molecule has 1 heterocycles. The zero-order chi connectivity index (χ0) is 10.2. The molecular weight excluding hydrogens is 234 g/mol. The molecule has 0 atom stereocenters. The van der Waals surface area contributed by atoms with Gasteiger partial charge in [0.1, 0.15) is 0 Å². The van der Waals surface area contributed by atoms with Crippen LogP contribution >= 0.6 is 35.3 Å². The highest BCUT2D eigenvalue weighted by atomic mass is 32.2. The van der Waals surface area contributed by atoms with Crippen molar-refractivity contribution >= 4 is 40.4 Å². The van der Waals surface area contributed by atoms with Gasteiger partial charge in [-0.3, -0.25) is 5.10 Å². The Morgan fingerprint density at radius 2 is 2.36 bits per heavy atom. The van der Waals surface area contributed by atoms with Crippen LogP contribution in [0, 0.1) is 3.95 Å². The summed E-state index contributed by atoms with van der Waals surface area (Å²) in [5.74, 6) is 1.27. The van der Waals surface area contributed by atoms with Crippen LogP contribution in [0.25, 0.3) is 0 Å². The van der Waals surface area contributed by atoms with Crippen molar-refractivity contribution in [3.63, 3.8) is 0 Å². The molecule has 0 radical (unpaired) electrons. The third-order valence-corrected chi connectivity index (χ3v) is 3.48. The Bertz CT molecular complexity index is 294. The molecule has 1 aromatic rings. The molecule has 0 aliphatic carbocycles. The molecule has 80 valence electrons. The van der Waals surface area contributed by atoms with Crippen molar-refractivity contribution in [1.29, 1.82) is 0 Å². The standard InChI is InChI=1S/C8H15N3S3/c1-13-6-4-2-3-5-9-7-10-11-8(12)14-7/h2-6H2,1H3,(H,9,10)(H,11,12). The summed E-state index contributed by atoms with van der Waals surface area (Å²) in [5, 5.41) is 10.9. The number of thioether (sulfide) groups is 1. The SMILES string of the molecule is CSCCCCCNc1n[nH]c(=S)s1. The van der Waals surface area contributed by atoms with Crippen LogP contribution in [0.2, 0.25) is 0 Å². The van der Waals surface area contributed by atoms with E-state index in [9.17, 15) is 0 Å². The van der Waals surface area contributed by atoms with Crippen molar-refractivity contribution < 1.29 is 0 Å². The lowest BCUT2D eigenvalue weighted by molar-refractivity contribution is 0.748. The maximum Gasteiger partial charge on any atom is 0.204 e. The minimum absolute atomic E-state index is 0.731. The van der Waals surface area contributed by atoms with Crippen LogP contribution in [0.5, 0.6) is 0 Å². The number of hydrogen-bond acceptors (Lipinski definition) is 5. The van der Waals surface area contributed by atoms with Crippen molar-refractivity contribution in [2.24, 2.45) is 0 Å². The third kappa shape index (κ3) is 4.97. The molecule has 1 rings (SSSR count). The van der Waals surface area contributed by atoms with E-state index in [1.54, 1.807) is 0 Å². The summed E-state index contributed by atoms with van der Waals surface area (Å²) >= 11 is 8.33. The quantitative estimate of drug-likeness (QED) is 0.575. The summed E-state index contributed by atoms with van der Waals surface area (Å²) in [4.78, 5) is 0. The molecule has 14 heavy (non-hydrogen) atoms. The van der Waals surface area contributed by atoms with Gasteiger partial charge in [-0.1, -0.05) is 17.8 Å². The summed E-state index contributed by atoms with van der Waals surface area (Å²) in [7, 11) is 0. The topological polar surface area (TPSA) is 40.7 Å². The van der Waals surface area contributed by atoms with Crippen molar-refractivity contribution in [2.45, 2.75) is 19.3 Å². The van der Waals surface area contributed by atoms with Crippen LogP contribution in [0.4, 0.5) is 5.13 Å². The van der Waals surface area contributed by atoms with Crippen LogP contribution in [0.15, 0.2) is 0 Å². The van der Waals surface area contributed by atoms with Gasteiger partial charge in [0, 0.05) is 6.54 Å². The van der Waals surface area contributed by atoms with Gasteiger partial charge in [0.15, 0.2) is 3.95 Å². The first kappa shape index (κ1) is 12.0. The van der Waals surface area contributed by atoms with Gasteiger partial charge >= 0.3 is 0 Å². The number of H-pyrrole nitrogens is 1. The third-order valence-electron chi connectivity index (χ3n) is 1.74. The summed E-state index contributed by atoms with van der Waals surface area (Å²) < 4.78 is 0.731. The fraction of sp³-hybridized carbons (Fsp3) is 0.750. The number of unbranched alkanes of at least 4 members (excludes halogenated alkanes) is 2. The Labute approximate surface area is 97.7 Å². The average molecular weight is 249 g/mol. The Hall–Kier alpha value is -0.0700. The van der Waals surface area contributed by atoms with Crippen LogP contribution in [-0.2, 0) is 0 Å². The fourth-order valence-electron chi connectivity index (χ4n) is 1.05. The number of nitrogens with one attached hydrogen (secondary N) is 2. The highest BCUT2D eigenvalue weighted by molar-refractivity contribution is 7.98. The highest BCUT2D eigenvalue weighted by Crippen LogP contribution is 2.11. The predicted octanol–water partition coefficient (Wildman–Crippen LogP) is 3.15. The van der Waals surface area contributed by atoms with Gasteiger partial charge in [-0.25, -0.2) is 0 Å². The molecular formula is C8H15N3S3. The van der Waals surface area contributed by atoms with Crippen molar-refractivity contribution in [2.75, 3.05) is 23.9 Å². The lowest BCUT2D eigenvalue weighted by Crippen LogP contribution is -2.01. The molecule has 1 aromatic heterocycles. The number of aromatic amines is 1. The molecule has 0 amide bonds. The minimum atomic E-state index is 0.731. The van der Waals surface area contributed by atoms with Crippen LogP contribution in [0.1, 0.15) is 19.3 Å². The van der Waals surface area contributed by atoms with E-state index in [4.69, 9.17) is 12.2 Å². The van der Waals surface area contributed by atoms with E-state index in [0.29, 0.717) is 0 Å². The maximum atomic E-state index is 4.93. The Kier molecular flexibility index (Phi) is 6.22. The normalized spacial score (nSPS) is 10.4. The molecule has 2 N–H and O–H groups in total. The summed E-state index contributed by atoms with van der Waals surface area (Å²) in [6.45, 7) is 0.991. The van der Waals surface area contributed by atoms with E-state index in [0.717, 1.165) is 15.6 Å². The fourth-order valence-corrected chi connectivity index (χ4v) is 2.36. The first-order chi connectivity index (χ1) is 6.83. The van der Waals surface area contributed by atoms with Gasteiger partial charge in [-0.05, 0) is 37.1 Å². The molecule has 0 saturated heterocycles. The molecule has 0 aliphatic heterocycles. The summed E-state index contributed by atoms with van der Waals surface area (Å²) in [5.41, 5.74) is 0. The van der Waals surface area contributed by atoms with Crippen molar-refractivity contribution in [3.8, 4) is 0 Å². The molecule has 0 aromatic carbocycles. The van der Waals surface area contributed by atoms with Gasteiger partial charge in [0.2, 0.25) is 5.13 Å². The Balaban J connectivity index is 2.02. The smallest absolute Gasteiger partial charge is 0.204 e. The molecule has 0 fully saturated rings. The van der Waals surface area contributed by atoms with Crippen LogP contribution < -0.4 is 5.32 Å². The zero-order valence-corrected chi connectivity index (χ0v) is 10.7. The number of hydrogen-bond donors (Lipinski definition) is 2. The number of nitrogens with zero attached hydrogens (tertiary/aromatic N) is 1. The lowest BCUT2D eigenvalue weighted by Gasteiger charge is -2.00. The first-order valence-corrected chi connectivity index (χ1v) is 7.23. The molecule has 0 unspecified atom stereocenters.